The van der Waals surface area contributed by atoms with Crippen LogP contribution in [0.1, 0.15) is 35.8 Å². The van der Waals surface area contributed by atoms with Crippen LogP contribution in [0, 0.1) is 6.92 Å². The van der Waals surface area contributed by atoms with E-state index in [1.807, 2.05) is 45.6 Å². The van der Waals surface area contributed by atoms with Crippen LogP contribution in [-0.2, 0) is 0 Å². The molecule has 0 aliphatic carbocycles. The normalized spacial score (nSPS) is 16.4. The molecule has 1 aliphatic heterocycles. The molecular formula is C21H25N5OS. The first-order chi connectivity index (χ1) is 13.7. The maximum absolute atomic E-state index is 13.1. The zero-order chi connectivity index (χ0) is 19.5. The van der Waals surface area contributed by atoms with Crippen LogP contribution in [0.2, 0.25) is 0 Å². The Morgan fingerprint density at radius 2 is 2.25 bits per heavy atom. The van der Waals surface area contributed by atoms with Crippen LogP contribution < -0.4 is 5.32 Å². The summed E-state index contributed by atoms with van der Waals surface area (Å²) in [5.41, 5.74) is 3.66. The van der Waals surface area contributed by atoms with Crippen LogP contribution in [0.4, 0.5) is 0 Å². The van der Waals surface area contributed by atoms with Crippen LogP contribution in [0.25, 0.3) is 16.3 Å². The van der Waals surface area contributed by atoms with Crippen LogP contribution in [0.3, 0.4) is 0 Å². The predicted molar refractivity (Wildman–Crippen MR) is 112 cm³/mol. The van der Waals surface area contributed by atoms with Gasteiger partial charge in [0.05, 0.1) is 11.9 Å². The Kier molecular flexibility index (Phi) is 5.54. The highest BCUT2D eigenvalue weighted by Crippen LogP contribution is 2.26. The number of aromatic nitrogens is 3. The molecular weight excluding hydrogens is 370 g/mol. The van der Waals surface area contributed by atoms with E-state index in [9.17, 15) is 4.79 Å². The molecule has 6 nitrogen and oxygen atoms in total. The molecule has 1 atom stereocenters. The highest BCUT2D eigenvalue weighted by Gasteiger charge is 2.28. The van der Waals surface area contributed by atoms with E-state index in [0.29, 0.717) is 5.69 Å². The summed E-state index contributed by atoms with van der Waals surface area (Å²) >= 11 is 1.49. The van der Waals surface area contributed by atoms with Gasteiger partial charge in [0.2, 0.25) is 0 Å². The lowest BCUT2D eigenvalue weighted by Gasteiger charge is -2.27. The molecule has 0 saturated carbocycles. The van der Waals surface area contributed by atoms with Crippen molar-refractivity contribution in [3.63, 3.8) is 0 Å². The van der Waals surface area contributed by atoms with E-state index in [1.54, 1.807) is 0 Å². The smallest absolute Gasteiger partial charge is 0.273 e. The Hall–Kier alpha value is -2.51. The fourth-order valence-corrected chi connectivity index (χ4v) is 4.40. The minimum atomic E-state index is 0.0318. The lowest BCUT2D eigenvalue weighted by molar-refractivity contribution is 0.0687. The van der Waals surface area contributed by atoms with Crippen LogP contribution in [0.15, 0.2) is 42.0 Å². The van der Waals surface area contributed by atoms with Crippen molar-refractivity contribution in [1.82, 2.24) is 25.0 Å². The molecule has 1 amide bonds. The SMILES string of the molecule is CCCN(C(=O)c1csc(-c2cnn(-c3ccccc3C)c2)n1)[C@@H]1CCNC1. The first kappa shape index (κ1) is 18.8. The topological polar surface area (TPSA) is 63.1 Å². The molecule has 3 aromatic rings. The fraction of sp³-hybridized carbons (Fsp3) is 0.381. The van der Waals surface area contributed by atoms with E-state index in [1.165, 1.54) is 11.3 Å². The number of para-hydroxylation sites is 1. The van der Waals surface area contributed by atoms with Crippen molar-refractivity contribution < 1.29 is 4.79 Å². The van der Waals surface area contributed by atoms with E-state index in [4.69, 9.17) is 0 Å². The Morgan fingerprint density at radius 1 is 1.39 bits per heavy atom. The molecule has 146 valence electrons. The molecule has 7 heteroatoms. The predicted octanol–water partition coefficient (Wildman–Crippen LogP) is 3.52. The first-order valence-corrected chi connectivity index (χ1v) is 10.6. The van der Waals surface area contributed by atoms with Gasteiger partial charge in [0, 0.05) is 36.3 Å². The molecule has 1 aliphatic rings. The second-order valence-electron chi connectivity index (χ2n) is 7.14. The van der Waals surface area contributed by atoms with Gasteiger partial charge in [0.1, 0.15) is 10.7 Å². The van der Waals surface area contributed by atoms with Crippen molar-refractivity contribution in [3.05, 3.63) is 53.3 Å². The fourth-order valence-electron chi connectivity index (χ4n) is 3.63. The maximum Gasteiger partial charge on any atom is 0.273 e. The number of benzene rings is 1. The lowest BCUT2D eigenvalue weighted by atomic mass is 10.2. The number of nitrogens with zero attached hydrogens (tertiary/aromatic N) is 4. The average molecular weight is 396 g/mol. The molecule has 3 heterocycles. The van der Waals surface area contributed by atoms with Gasteiger partial charge in [-0.25, -0.2) is 9.67 Å². The first-order valence-electron chi connectivity index (χ1n) is 9.75. The third-order valence-electron chi connectivity index (χ3n) is 5.12. The van der Waals surface area contributed by atoms with Gasteiger partial charge in [-0.2, -0.15) is 5.10 Å². The summed E-state index contributed by atoms with van der Waals surface area (Å²) < 4.78 is 1.86. The van der Waals surface area contributed by atoms with Gasteiger partial charge in [-0.3, -0.25) is 4.79 Å². The molecule has 28 heavy (non-hydrogen) atoms. The Morgan fingerprint density at radius 3 is 3.00 bits per heavy atom. The van der Waals surface area contributed by atoms with Crippen molar-refractivity contribution in [2.45, 2.75) is 32.7 Å². The molecule has 1 N–H and O–H groups in total. The molecule has 1 aromatic carbocycles. The van der Waals surface area contributed by atoms with E-state index < -0.39 is 0 Å². The third kappa shape index (κ3) is 3.72. The van der Waals surface area contributed by atoms with E-state index in [0.717, 1.165) is 54.3 Å². The highest BCUT2D eigenvalue weighted by molar-refractivity contribution is 7.13. The molecule has 2 aromatic heterocycles. The van der Waals surface area contributed by atoms with Gasteiger partial charge in [0.15, 0.2) is 0 Å². The summed E-state index contributed by atoms with van der Waals surface area (Å²) in [6.45, 7) is 6.78. The monoisotopic (exact) mass is 395 g/mol. The van der Waals surface area contributed by atoms with Gasteiger partial charge in [0.25, 0.3) is 5.91 Å². The molecule has 4 rings (SSSR count). The van der Waals surface area contributed by atoms with E-state index in [-0.39, 0.29) is 11.9 Å². The quantitative estimate of drug-likeness (QED) is 0.694. The summed E-state index contributed by atoms with van der Waals surface area (Å²) in [4.78, 5) is 19.7. The van der Waals surface area contributed by atoms with Gasteiger partial charge < -0.3 is 10.2 Å². The van der Waals surface area contributed by atoms with E-state index in [2.05, 4.69) is 35.3 Å². The van der Waals surface area contributed by atoms with Crippen LogP contribution >= 0.6 is 11.3 Å². The number of hydrogen-bond acceptors (Lipinski definition) is 5. The average Bonchev–Trinajstić information content (AvgIpc) is 3.47. The number of carbonyl (C=O) groups excluding carboxylic acids is 1. The Balaban J connectivity index is 1.56. The van der Waals surface area contributed by atoms with Crippen molar-refractivity contribution in [3.8, 4) is 16.3 Å². The Labute approximate surface area is 169 Å². The zero-order valence-corrected chi connectivity index (χ0v) is 17.1. The molecule has 1 fully saturated rings. The summed E-state index contributed by atoms with van der Waals surface area (Å²) in [6, 6.07) is 8.40. The standard InChI is InChI=1S/C21H25N5OS/c1-3-10-25(17-8-9-22-12-17)21(27)18-14-28-20(24-18)16-11-23-26(13-16)19-7-5-4-6-15(19)2/h4-7,11,13-14,17,22H,3,8-10,12H2,1-2H3/t17-/m1/s1. The summed E-state index contributed by atoms with van der Waals surface area (Å²) in [5.74, 6) is 0.0318. The van der Waals surface area contributed by atoms with Crippen molar-refractivity contribution in [2.24, 2.45) is 0 Å². The summed E-state index contributed by atoms with van der Waals surface area (Å²) in [7, 11) is 0. The zero-order valence-electron chi connectivity index (χ0n) is 16.3. The van der Waals surface area contributed by atoms with E-state index >= 15 is 0 Å². The van der Waals surface area contributed by atoms with Crippen molar-refractivity contribution in [2.75, 3.05) is 19.6 Å². The van der Waals surface area contributed by atoms with Crippen LogP contribution in [0.5, 0.6) is 0 Å². The third-order valence-corrected chi connectivity index (χ3v) is 6.01. The number of rotatable bonds is 6. The van der Waals surface area contributed by atoms with Crippen LogP contribution in [-0.4, -0.2) is 51.2 Å². The van der Waals surface area contributed by atoms with Crippen molar-refractivity contribution >= 4 is 17.2 Å². The molecule has 1 saturated heterocycles. The molecule has 0 radical (unpaired) electrons. The number of thiazole rings is 1. The molecule has 0 spiro atoms. The minimum absolute atomic E-state index is 0.0318. The highest BCUT2D eigenvalue weighted by atomic mass is 32.1. The van der Waals surface area contributed by atoms with Gasteiger partial charge in [-0.15, -0.1) is 11.3 Å². The largest absolute Gasteiger partial charge is 0.333 e. The van der Waals surface area contributed by atoms with Gasteiger partial charge in [-0.05, 0) is 37.9 Å². The second kappa shape index (κ2) is 8.24. The molecule has 0 bridgehead atoms. The molecule has 0 unspecified atom stereocenters. The summed E-state index contributed by atoms with van der Waals surface area (Å²) in [6.07, 6.45) is 5.73. The number of aryl methyl sites for hydroxylation is 1. The number of carbonyl (C=O) groups is 1. The maximum atomic E-state index is 13.1. The minimum Gasteiger partial charge on any atom is -0.333 e. The number of nitrogens with one attached hydrogen (secondary N) is 1. The summed E-state index contributed by atoms with van der Waals surface area (Å²) in [5, 5.41) is 10.5. The van der Waals surface area contributed by atoms with Crippen molar-refractivity contribution in [1.29, 1.82) is 0 Å². The number of hydrogen-bond donors (Lipinski definition) is 1. The van der Waals surface area contributed by atoms with Gasteiger partial charge >= 0.3 is 0 Å². The second-order valence-corrected chi connectivity index (χ2v) is 8.00. The van der Waals surface area contributed by atoms with Gasteiger partial charge in [-0.1, -0.05) is 25.1 Å². The number of amides is 1. The lowest BCUT2D eigenvalue weighted by Crippen LogP contribution is -2.42. The Bertz CT molecular complexity index is 957.